The first-order valence-corrected chi connectivity index (χ1v) is 8.95. The third-order valence-corrected chi connectivity index (χ3v) is 4.84. The second-order valence-electron chi connectivity index (χ2n) is 7.35. The summed E-state index contributed by atoms with van der Waals surface area (Å²) in [5, 5.41) is 32.0. The number of hydrogen-bond donors (Lipinski definition) is 6. The van der Waals surface area contributed by atoms with E-state index in [-0.39, 0.29) is 10.3 Å². The standard InChI is InChI=1S/C15H33N7O2/c1-14-8-16-2-5-19-11-15(22(23)24,12-20-6-3-17-9-14)13-21-7-4-18-10-14/h16-21H,2-13H2,1H3. The first-order chi connectivity index (χ1) is 11.6. The van der Waals surface area contributed by atoms with Crippen molar-refractivity contribution in [1.82, 2.24) is 31.9 Å². The third-order valence-electron chi connectivity index (χ3n) is 4.84. The monoisotopic (exact) mass is 343 g/mol. The third kappa shape index (κ3) is 5.91. The van der Waals surface area contributed by atoms with Crippen LogP contribution in [0.5, 0.6) is 0 Å². The molecule has 24 heavy (non-hydrogen) atoms. The minimum absolute atomic E-state index is 0.136. The van der Waals surface area contributed by atoms with Crippen molar-refractivity contribution in [1.29, 1.82) is 0 Å². The predicted molar refractivity (Wildman–Crippen MR) is 95.1 cm³/mol. The number of hydrogen-bond acceptors (Lipinski definition) is 8. The molecule has 0 unspecified atom stereocenters. The van der Waals surface area contributed by atoms with Gasteiger partial charge in [-0.1, -0.05) is 6.92 Å². The molecule has 0 atom stereocenters. The average Bonchev–Trinajstić information content (AvgIpc) is 2.55. The molecule has 0 saturated carbocycles. The number of rotatable bonds is 1. The molecule has 0 aromatic carbocycles. The Hall–Kier alpha value is -0.840. The second-order valence-corrected chi connectivity index (χ2v) is 7.35. The molecule has 3 aliphatic heterocycles. The Bertz CT molecular complexity index is 350. The minimum atomic E-state index is -1.03. The van der Waals surface area contributed by atoms with Crippen LogP contribution < -0.4 is 31.9 Å². The van der Waals surface area contributed by atoms with E-state index in [1.165, 1.54) is 0 Å². The van der Waals surface area contributed by atoms with E-state index in [2.05, 4.69) is 38.8 Å². The van der Waals surface area contributed by atoms with Gasteiger partial charge in [0.05, 0.1) is 19.6 Å². The molecule has 2 bridgehead atoms. The van der Waals surface area contributed by atoms with E-state index < -0.39 is 5.54 Å². The van der Waals surface area contributed by atoms with Crippen LogP contribution in [0.2, 0.25) is 0 Å². The fourth-order valence-corrected chi connectivity index (χ4v) is 3.23. The summed E-state index contributed by atoms with van der Waals surface area (Å²) in [7, 11) is 0. The summed E-state index contributed by atoms with van der Waals surface area (Å²) in [6.07, 6.45) is 0. The lowest BCUT2D eigenvalue weighted by molar-refractivity contribution is -0.563. The fourth-order valence-electron chi connectivity index (χ4n) is 3.23. The first-order valence-electron chi connectivity index (χ1n) is 8.95. The molecule has 3 aliphatic rings. The number of nitrogens with one attached hydrogen (secondary N) is 6. The van der Waals surface area contributed by atoms with Crippen molar-refractivity contribution < 1.29 is 4.92 Å². The maximum atomic E-state index is 11.8. The molecule has 140 valence electrons. The van der Waals surface area contributed by atoms with Crippen molar-refractivity contribution >= 4 is 0 Å². The highest BCUT2D eigenvalue weighted by molar-refractivity contribution is 4.89. The molecule has 3 fully saturated rings. The normalized spacial score (nSPS) is 35.0. The summed E-state index contributed by atoms with van der Waals surface area (Å²) in [6.45, 7) is 10.7. The lowest BCUT2D eigenvalue weighted by Crippen LogP contribution is -2.61. The quantitative estimate of drug-likeness (QED) is 0.230. The molecule has 0 radical (unpaired) electrons. The van der Waals surface area contributed by atoms with E-state index in [0.29, 0.717) is 19.6 Å². The highest BCUT2D eigenvalue weighted by Crippen LogP contribution is 2.13. The summed E-state index contributed by atoms with van der Waals surface area (Å²) in [5.74, 6) is 0. The smallest absolute Gasteiger partial charge is 0.258 e. The van der Waals surface area contributed by atoms with Gasteiger partial charge in [-0.3, -0.25) is 10.1 Å². The van der Waals surface area contributed by atoms with Gasteiger partial charge >= 0.3 is 0 Å². The van der Waals surface area contributed by atoms with Gasteiger partial charge in [0.25, 0.3) is 5.54 Å². The number of fused-ring (bicyclic) bond motifs is 15. The molecule has 3 saturated heterocycles. The molecule has 9 heteroatoms. The van der Waals surface area contributed by atoms with Gasteiger partial charge in [-0.15, -0.1) is 0 Å². The molecule has 0 aliphatic carbocycles. The maximum absolute atomic E-state index is 11.8. The topological polar surface area (TPSA) is 115 Å². The Morgan fingerprint density at radius 1 is 0.667 bits per heavy atom. The van der Waals surface area contributed by atoms with E-state index in [4.69, 9.17) is 0 Å². The molecule has 3 heterocycles. The molecule has 0 spiro atoms. The van der Waals surface area contributed by atoms with Crippen LogP contribution in [0.1, 0.15) is 6.92 Å². The maximum Gasteiger partial charge on any atom is 0.258 e. The highest BCUT2D eigenvalue weighted by Gasteiger charge is 2.42. The first kappa shape index (κ1) is 19.5. The van der Waals surface area contributed by atoms with Crippen LogP contribution in [0.3, 0.4) is 0 Å². The van der Waals surface area contributed by atoms with Crippen LogP contribution in [-0.4, -0.2) is 89.0 Å². The Morgan fingerprint density at radius 3 is 1.25 bits per heavy atom. The molecule has 0 aromatic heterocycles. The molecule has 0 amide bonds. The second kappa shape index (κ2) is 9.59. The molecule has 9 nitrogen and oxygen atoms in total. The van der Waals surface area contributed by atoms with E-state index >= 15 is 0 Å². The summed E-state index contributed by atoms with van der Waals surface area (Å²) < 4.78 is 0. The molecule has 0 aromatic rings. The Balaban J connectivity index is 2.12. The van der Waals surface area contributed by atoms with Crippen molar-refractivity contribution in [3.05, 3.63) is 10.1 Å². The van der Waals surface area contributed by atoms with Crippen LogP contribution in [-0.2, 0) is 0 Å². The van der Waals surface area contributed by atoms with Crippen molar-refractivity contribution in [2.45, 2.75) is 12.5 Å². The Morgan fingerprint density at radius 2 is 0.958 bits per heavy atom. The van der Waals surface area contributed by atoms with Gasteiger partial charge in [0.15, 0.2) is 0 Å². The molecular formula is C15H33N7O2. The lowest BCUT2D eigenvalue weighted by atomic mass is 9.90. The van der Waals surface area contributed by atoms with Crippen LogP contribution in [0.25, 0.3) is 0 Å². The van der Waals surface area contributed by atoms with Gasteiger partial charge in [0.1, 0.15) is 0 Å². The summed E-state index contributed by atoms with van der Waals surface area (Å²) >= 11 is 0. The number of nitro groups is 1. The Labute approximate surface area is 144 Å². The zero-order valence-corrected chi connectivity index (χ0v) is 14.7. The van der Waals surface area contributed by atoms with Gasteiger partial charge in [0, 0.05) is 69.2 Å². The largest absolute Gasteiger partial charge is 0.315 e. The summed E-state index contributed by atoms with van der Waals surface area (Å²) in [4.78, 5) is 11.6. The van der Waals surface area contributed by atoms with Gasteiger partial charge in [0.2, 0.25) is 0 Å². The van der Waals surface area contributed by atoms with E-state index in [1.54, 1.807) is 0 Å². The van der Waals surface area contributed by atoms with Crippen LogP contribution in [0, 0.1) is 15.5 Å². The van der Waals surface area contributed by atoms with Gasteiger partial charge < -0.3 is 31.9 Å². The zero-order chi connectivity index (χ0) is 17.3. The van der Waals surface area contributed by atoms with Crippen molar-refractivity contribution in [3.8, 4) is 0 Å². The molecular weight excluding hydrogens is 310 g/mol. The van der Waals surface area contributed by atoms with Gasteiger partial charge in [-0.25, -0.2) is 0 Å². The minimum Gasteiger partial charge on any atom is -0.315 e. The summed E-state index contributed by atoms with van der Waals surface area (Å²) in [6, 6.07) is 0. The predicted octanol–water partition coefficient (Wildman–Crippen LogP) is -2.43. The van der Waals surface area contributed by atoms with Crippen LogP contribution in [0.15, 0.2) is 0 Å². The van der Waals surface area contributed by atoms with E-state index in [1.807, 2.05) is 0 Å². The van der Waals surface area contributed by atoms with E-state index in [9.17, 15) is 10.1 Å². The van der Waals surface area contributed by atoms with Crippen LogP contribution >= 0.6 is 0 Å². The van der Waals surface area contributed by atoms with Crippen molar-refractivity contribution in [2.75, 3.05) is 78.5 Å². The SMILES string of the molecule is CC12CNCCNCC([N+](=O)[O-])(CNCCNC1)CNCCNC2. The number of nitrogens with zero attached hydrogens (tertiary/aromatic N) is 1. The van der Waals surface area contributed by atoms with Gasteiger partial charge in [-0.2, -0.15) is 0 Å². The summed E-state index contributed by atoms with van der Waals surface area (Å²) in [5.41, 5.74) is -0.887. The van der Waals surface area contributed by atoms with Crippen molar-refractivity contribution in [3.63, 3.8) is 0 Å². The molecule has 3 rings (SSSR count). The van der Waals surface area contributed by atoms with Crippen LogP contribution in [0.4, 0.5) is 0 Å². The molecule has 6 N–H and O–H groups in total. The van der Waals surface area contributed by atoms with Gasteiger partial charge in [-0.05, 0) is 0 Å². The van der Waals surface area contributed by atoms with E-state index in [0.717, 1.165) is 58.9 Å². The average molecular weight is 343 g/mol. The lowest BCUT2D eigenvalue weighted by Gasteiger charge is -2.33. The zero-order valence-electron chi connectivity index (χ0n) is 14.7. The highest BCUT2D eigenvalue weighted by atomic mass is 16.6. The Kier molecular flexibility index (Phi) is 7.79. The van der Waals surface area contributed by atoms with Crippen molar-refractivity contribution in [2.24, 2.45) is 5.41 Å². The fraction of sp³-hybridized carbons (Fsp3) is 1.00.